The van der Waals surface area contributed by atoms with Crippen molar-refractivity contribution in [3.05, 3.63) is 89.5 Å². The fraction of sp³-hybridized carbons (Fsp3) is 0.125. The molecule has 2 aromatic carbocycles. The van der Waals surface area contributed by atoms with Crippen molar-refractivity contribution in [2.45, 2.75) is 12.6 Å². The van der Waals surface area contributed by atoms with Crippen LogP contribution in [0.5, 0.6) is 0 Å². The second kappa shape index (κ2) is 9.26. The Balaban J connectivity index is 1.52. The van der Waals surface area contributed by atoms with Crippen molar-refractivity contribution in [3.63, 3.8) is 0 Å². The number of hydrogen-bond donors (Lipinski definition) is 3. The maximum absolute atomic E-state index is 12.3. The van der Waals surface area contributed by atoms with Gasteiger partial charge in [-0.1, -0.05) is 24.3 Å². The Morgan fingerprint density at radius 1 is 1.03 bits per heavy atom. The van der Waals surface area contributed by atoms with Crippen molar-refractivity contribution >= 4 is 22.6 Å². The van der Waals surface area contributed by atoms with E-state index in [1.807, 2.05) is 35.6 Å². The van der Waals surface area contributed by atoms with Crippen LogP contribution in [0.15, 0.2) is 72.9 Å². The number of alkyl halides is 3. The van der Waals surface area contributed by atoms with Gasteiger partial charge in [0.05, 0.1) is 11.2 Å². The highest BCUT2D eigenvalue weighted by Crippen LogP contribution is 2.18. The van der Waals surface area contributed by atoms with Gasteiger partial charge in [0.25, 0.3) is 5.91 Å². The first-order chi connectivity index (χ1) is 16.2. The monoisotopic (exact) mass is 464 g/mol. The molecule has 34 heavy (non-hydrogen) atoms. The summed E-state index contributed by atoms with van der Waals surface area (Å²) in [4.78, 5) is 16.2. The van der Waals surface area contributed by atoms with Crippen molar-refractivity contribution in [2.24, 2.45) is 0 Å². The number of aromatic nitrogens is 3. The first-order valence-electron chi connectivity index (χ1n) is 10.2. The number of carbonyl (C=O) groups is 1. The van der Waals surface area contributed by atoms with Crippen molar-refractivity contribution in [3.8, 4) is 11.3 Å². The number of fused-ring (bicyclic) bond motifs is 1. The molecule has 0 radical (unpaired) electrons. The summed E-state index contributed by atoms with van der Waals surface area (Å²) in [6.45, 7) is -1.41. The van der Waals surface area contributed by atoms with E-state index in [0.717, 1.165) is 16.5 Å². The lowest BCUT2D eigenvalue weighted by atomic mass is 10.1. The van der Waals surface area contributed by atoms with E-state index in [9.17, 15) is 18.0 Å². The van der Waals surface area contributed by atoms with E-state index < -0.39 is 18.6 Å². The minimum atomic E-state index is -4.49. The zero-order chi connectivity index (χ0) is 24.3. The number of pyridine rings is 1. The van der Waals surface area contributed by atoms with E-state index in [4.69, 9.17) is 10.8 Å². The number of nitrogens with one attached hydrogen (secondary N) is 3. The van der Waals surface area contributed by atoms with Crippen LogP contribution < -0.4 is 10.8 Å². The molecule has 10 heteroatoms. The molecule has 0 aliphatic carbocycles. The second-order valence-electron chi connectivity index (χ2n) is 7.54. The first-order valence-corrected chi connectivity index (χ1v) is 10.2. The highest BCUT2D eigenvalue weighted by Gasteiger charge is 2.27. The fourth-order valence-corrected chi connectivity index (χ4v) is 3.36. The number of halogens is 3. The van der Waals surface area contributed by atoms with Gasteiger partial charge in [0.1, 0.15) is 17.9 Å². The molecule has 0 saturated carbocycles. The summed E-state index contributed by atoms with van der Waals surface area (Å²) in [6, 6.07) is 18.5. The summed E-state index contributed by atoms with van der Waals surface area (Å²) in [5.74, 6) is -0.737. The smallest absolute Gasteiger partial charge is 0.343 e. The molecule has 2 aromatic heterocycles. The van der Waals surface area contributed by atoms with Crippen LogP contribution in [0.4, 0.5) is 13.2 Å². The normalized spacial score (nSPS) is 11.4. The van der Waals surface area contributed by atoms with Crippen molar-refractivity contribution in [1.29, 1.82) is 10.8 Å². The van der Waals surface area contributed by atoms with Gasteiger partial charge in [0, 0.05) is 29.1 Å². The first kappa shape index (κ1) is 22.8. The molecule has 1 amide bonds. The predicted octanol–water partition coefficient (Wildman–Crippen LogP) is 3.94. The van der Waals surface area contributed by atoms with Gasteiger partial charge in [-0.25, -0.2) is 4.68 Å². The standard InChI is InChI=1S/C24H19F3N6O/c25-24(26,27)14-31-23(34)17-6-4-16(5-7-17)20-9-10-21(28)33(32-20)22(29)13-15-3-8-19-18(12-15)2-1-11-30-19/h1-12,28-29H,13-14H2,(H,31,34). The van der Waals surface area contributed by atoms with Gasteiger partial charge in [0.15, 0.2) is 0 Å². The Morgan fingerprint density at radius 3 is 2.53 bits per heavy atom. The number of amides is 1. The Hall–Kier alpha value is -4.34. The Morgan fingerprint density at radius 2 is 1.79 bits per heavy atom. The molecule has 0 spiro atoms. The summed E-state index contributed by atoms with van der Waals surface area (Å²) in [7, 11) is 0. The molecule has 0 unspecified atom stereocenters. The lowest BCUT2D eigenvalue weighted by Crippen LogP contribution is -2.33. The molecule has 4 aromatic rings. The van der Waals surface area contributed by atoms with Crippen LogP contribution in [0.1, 0.15) is 15.9 Å². The van der Waals surface area contributed by atoms with Crippen LogP contribution in [0, 0.1) is 10.8 Å². The lowest BCUT2D eigenvalue weighted by Gasteiger charge is -2.11. The second-order valence-corrected chi connectivity index (χ2v) is 7.54. The summed E-state index contributed by atoms with van der Waals surface area (Å²) in [5, 5.41) is 23.8. The van der Waals surface area contributed by atoms with Gasteiger partial charge in [-0.2, -0.15) is 18.3 Å². The third-order valence-corrected chi connectivity index (χ3v) is 5.02. The molecule has 0 aliphatic rings. The van der Waals surface area contributed by atoms with Crippen LogP contribution in [0.3, 0.4) is 0 Å². The molecule has 3 N–H and O–H groups in total. The maximum Gasteiger partial charge on any atom is 0.405 e. The third kappa shape index (κ3) is 5.34. The molecule has 4 rings (SSSR count). The van der Waals surface area contributed by atoms with E-state index in [1.54, 1.807) is 24.4 Å². The molecule has 172 valence electrons. The quantitative estimate of drug-likeness (QED) is 0.308. The SMILES string of the molecule is N=C(Cc1ccc2ncccc2c1)n1nc(-c2ccc(C(=O)NCC(F)(F)F)cc2)ccc1=N. The summed E-state index contributed by atoms with van der Waals surface area (Å²) >= 11 is 0. The molecular formula is C24H19F3N6O. The van der Waals surface area contributed by atoms with Crippen molar-refractivity contribution in [1.82, 2.24) is 20.1 Å². The van der Waals surface area contributed by atoms with Crippen molar-refractivity contribution < 1.29 is 18.0 Å². The van der Waals surface area contributed by atoms with E-state index >= 15 is 0 Å². The highest BCUT2D eigenvalue weighted by molar-refractivity contribution is 5.94. The molecule has 0 aliphatic heterocycles. The van der Waals surface area contributed by atoms with Gasteiger partial charge in [-0.15, -0.1) is 0 Å². The third-order valence-electron chi connectivity index (χ3n) is 5.02. The van der Waals surface area contributed by atoms with Crippen LogP contribution in [0.25, 0.3) is 22.2 Å². The molecule has 0 bridgehead atoms. The average molecular weight is 464 g/mol. The van der Waals surface area contributed by atoms with E-state index in [2.05, 4.69) is 10.1 Å². The van der Waals surface area contributed by atoms with Crippen LogP contribution in [-0.2, 0) is 6.42 Å². The summed E-state index contributed by atoms with van der Waals surface area (Å²) < 4.78 is 38.1. The zero-order valence-corrected chi connectivity index (χ0v) is 17.7. The van der Waals surface area contributed by atoms with Crippen LogP contribution >= 0.6 is 0 Å². The topological polar surface area (TPSA) is 108 Å². The summed E-state index contributed by atoms with van der Waals surface area (Å²) in [5.41, 5.74) is 2.87. The van der Waals surface area contributed by atoms with E-state index in [0.29, 0.717) is 11.3 Å². The average Bonchev–Trinajstić information content (AvgIpc) is 2.82. The molecule has 7 nitrogen and oxygen atoms in total. The van der Waals surface area contributed by atoms with Gasteiger partial charge in [-0.05, 0) is 48.0 Å². The van der Waals surface area contributed by atoms with E-state index in [1.165, 1.54) is 22.9 Å². The Bertz CT molecular complexity index is 1430. The van der Waals surface area contributed by atoms with Crippen LogP contribution in [-0.4, -0.2) is 39.2 Å². The Kier molecular flexibility index (Phi) is 6.22. The van der Waals surface area contributed by atoms with Crippen molar-refractivity contribution in [2.75, 3.05) is 6.54 Å². The summed E-state index contributed by atoms with van der Waals surface area (Å²) in [6.07, 6.45) is -2.53. The zero-order valence-electron chi connectivity index (χ0n) is 17.7. The van der Waals surface area contributed by atoms with Gasteiger partial charge in [-0.3, -0.25) is 20.6 Å². The maximum atomic E-state index is 12.3. The lowest BCUT2D eigenvalue weighted by molar-refractivity contribution is -0.123. The number of hydrogen-bond acceptors (Lipinski definition) is 5. The predicted molar refractivity (Wildman–Crippen MR) is 120 cm³/mol. The number of carbonyl (C=O) groups excluding carboxylic acids is 1. The molecule has 0 fully saturated rings. The highest BCUT2D eigenvalue weighted by atomic mass is 19.4. The van der Waals surface area contributed by atoms with Gasteiger partial charge >= 0.3 is 6.18 Å². The largest absolute Gasteiger partial charge is 0.405 e. The molecule has 0 saturated heterocycles. The fourth-order valence-electron chi connectivity index (χ4n) is 3.36. The van der Waals surface area contributed by atoms with Crippen LogP contribution in [0.2, 0.25) is 0 Å². The Labute approximate surface area is 191 Å². The number of nitrogens with zero attached hydrogens (tertiary/aromatic N) is 3. The van der Waals surface area contributed by atoms with Gasteiger partial charge in [0.2, 0.25) is 0 Å². The minimum Gasteiger partial charge on any atom is -0.343 e. The number of benzene rings is 2. The number of rotatable bonds is 5. The van der Waals surface area contributed by atoms with Gasteiger partial charge < -0.3 is 5.32 Å². The molecule has 2 heterocycles. The minimum absolute atomic E-state index is 0.0272. The molecular weight excluding hydrogens is 445 g/mol. The molecule has 0 atom stereocenters. The van der Waals surface area contributed by atoms with E-state index in [-0.39, 0.29) is 23.3 Å².